The van der Waals surface area contributed by atoms with Gasteiger partial charge in [0.25, 0.3) is 0 Å². The third-order valence-electron chi connectivity index (χ3n) is 2.54. The van der Waals surface area contributed by atoms with Gasteiger partial charge in [-0.3, -0.25) is 15.1 Å². The maximum atomic E-state index is 11.2. The van der Waals surface area contributed by atoms with Crippen molar-refractivity contribution in [2.45, 2.75) is 24.6 Å². The Morgan fingerprint density at radius 2 is 2.44 bits per heavy atom. The zero-order chi connectivity index (χ0) is 11.5. The summed E-state index contributed by atoms with van der Waals surface area (Å²) >= 11 is 6.13. The molecule has 1 N–H and O–H groups in total. The van der Waals surface area contributed by atoms with Crippen LogP contribution in [-0.4, -0.2) is 28.9 Å². The highest BCUT2D eigenvalue weighted by molar-refractivity contribution is 6.21. The van der Waals surface area contributed by atoms with E-state index in [9.17, 15) is 4.79 Å². The van der Waals surface area contributed by atoms with Gasteiger partial charge in [0.1, 0.15) is 17.4 Å². The summed E-state index contributed by atoms with van der Waals surface area (Å²) in [4.78, 5) is 15.4. The smallest absolute Gasteiger partial charge is 0.149 e. The van der Waals surface area contributed by atoms with Crippen LogP contribution in [0.4, 0.5) is 0 Å². The number of ketones is 1. The van der Waals surface area contributed by atoms with Crippen LogP contribution in [0.1, 0.15) is 18.7 Å². The van der Waals surface area contributed by atoms with Crippen LogP contribution in [0, 0.1) is 0 Å². The van der Waals surface area contributed by atoms with E-state index in [1.165, 1.54) is 6.92 Å². The fraction of sp³-hybridized carbons (Fsp3) is 0.455. The number of carbonyl (C=O) groups is 1. The van der Waals surface area contributed by atoms with Crippen molar-refractivity contribution in [3.8, 4) is 0 Å². The fourth-order valence-electron chi connectivity index (χ4n) is 1.63. The predicted octanol–water partition coefficient (Wildman–Crippen LogP) is 1.26. The first-order valence-corrected chi connectivity index (χ1v) is 5.55. The van der Waals surface area contributed by atoms with Crippen molar-refractivity contribution in [2.24, 2.45) is 0 Å². The van der Waals surface area contributed by atoms with Gasteiger partial charge in [-0.2, -0.15) is 0 Å². The molecule has 0 spiro atoms. The molecule has 3 unspecified atom stereocenters. The van der Waals surface area contributed by atoms with Gasteiger partial charge >= 0.3 is 0 Å². The zero-order valence-corrected chi connectivity index (χ0v) is 9.65. The topological polar surface area (TPSA) is 51.2 Å². The molecular weight excluding hydrogens is 228 g/mol. The van der Waals surface area contributed by atoms with Gasteiger partial charge in [0.05, 0.1) is 18.3 Å². The maximum absolute atomic E-state index is 11.2. The second kappa shape index (κ2) is 4.91. The van der Waals surface area contributed by atoms with Gasteiger partial charge in [-0.25, -0.2) is 0 Å². The van der Waals surface area contributed by atoms with E-state index in [1.807, 2.05) is 18.2 Å². The van der Waals surface area contributed by atoms with E-state index in [2.05, 4.69) is 10.3 Å². The molecule has 2 rings (SSSR count). The summed E-state index contributed by atoms with van der Waals surface area (Å²) in [7, 11) is 0. The van der Waals surface area contributed by atoms with Crippen LogP contribution in [0.25, 0.3) is 0 Å². The van der Waals surface area contributed by atoms with Crippen LogP contribution in [0.5, 0.6) is 0 Å². The van der Waals surface area contributed by atoms with Crippen LogP contribution < -0.4 is 5.32 Å². The number of carbonyl (C=O) groups excluding carboxylic acids is 1. The van der Waals surface area contributed by atoms with Gasteiger partial charge in [0.2, 0.25) is 0 Å². The normalized spacial score (nSPS) is 30.0. The van der Waals surface area contributed by atoms with Gasteiger partial charge in [-0.05, 0) is 19.1 Å². The fourth-order valence-corrected chi connectivity index (χ4v) is 1.98. The molecule has 16 heavy (non-hydrogen) atoms. The summed E-state index contributed by atoms with van der Waals surface area (Å²) < 4.78 is 5.57. The van der Waals surface area contributed by atoms with Gasteiger partial charge in [0, 0.05) is 6.20 Å². The highest BCUT2D eigenvalue weighted by Crippen LogP contribution is 2.25. The van der Waals surface area contributed by atoms with Crippen molar-refractivity contribution < 1.29 is 9.53 Å². The minimum Gasteiger partial charge on any atom is -0.367 e. The second-order valence-corrected chi connectivity index (χ2v) is 4.21. The standard InChI is InChI=1S/C11H13ClN2O2/c1-7(15)9-6-16-10(11(12)14-9)8-4-2-3-5-13-8/h2-5,9-11,14H,6H2,1H3. The summed E-state index contributed by atoms with van der Waals surface area (Å²) in [6.45, 7) is 1.85. The summed E-state index contributed by atoms with van der Waals surface area (Å²) in [6, 6.07) is 5.26. The molecule has 0 amide bonds. The largest absolute Gasteiger partial charge is 0.367 e. The number of hydrogen-bond donors (Lipinski definition) is 1. The lowest BCUT2D eigenvalue weighted by atomic mass is 10.1. The van der Waals surface area contributed by atoms with Crippen molar-refractivity contribution in [3.05, 3.63) is 30.1 Å². The van der Waals surface area contributed by atoms with Crippen LogP contribution in [0.2, 0.25) is 0 Å². The lowest BCUT2D eigenvalue weighted by Gasteiger charge is -2.32. The average Bonchev–Trinajstić information content (AvgIpc) is 2.30. The van der Waals surface area contributed by atoms with Crippen molar-refractivity contribution in [2.75, 3.05) is 6.61 Å². The van der Waals surface area contributed by atoms with Crippen molar-refractivity contribution in [1.82, 2.24) is 10.3 Å². The molecule has 1 fully saturated rings. The van der Waals surface area contributed by atoms with Gasteiger partial charge in [-0.1, -0.05) is 6.07 Å². The van der Waals surface area contributed by atoms with E-state index in [4.69, 9.17) is 16.3 Å². The molecule has 3 atom stereocenters. The van der Waals surface area contributed by atoms with Crippen molar-refractivity contribution >= 4 is 17.4 Å². The Kier molecular flexibility index (Phi) is 3.53. The molecule has 1 aromatic heterocycles. The molecule has 0 bridgehead atoms. The summed E-state index contributed by atoms with van der Waals surface area (Å²) in [5.74, 6) is 0.0325. The molecule has 0 radical (unpaired) electrons. The van der Waals surface area contributed by atoms with Crippen molar-refractivity contribution in [1.29, 1.82) is 0 Å². The molecule has 0 aromatic carbocycles. The van der Waals surface area contributed by atoms with E-state index in [0.29, 0.717) is 6.61 Å². The molecule has 0 saturated carbocycles. The number of aromatic nitrogens is 1. The van der Waals surface area contributed by atoms with Crippen LogP contribution in [0.3, 0.4) is 0 Å². The number of hydrogen-bond acceptors (Lipinski definition) is 4. The quantitative estimate of drug-likeness (QED) is 0.625. The average molecular weight is 241 g/mol. The number of pyridine rings is 1. The van der Waals surface area contributed by atoms with E-state index >= 15 is 0 Å². The van der Waals surface area contributed by atoms with E-state index < -0.39 is 5.50 Å². The number of morpholine rings is 1. The first kappa shape index (κ1) is 11.5. The van der Waals surface area contributed by atoms with E-state index in [-0.39, 0.29) is 17.9 Å². The molecular formula is C11H13ClN2O2. The van der Waals surface area contributed by atoms with E-state index in [1.54, 1.807) is 6.20 Å². The Hall–Kier alpha value is -0.970. The summed E-state index contributed by atoms with van der Waals surface area (Å²) in [6.07, 6.45) is 1.39. The molecule has 86 valence electrons. The Labute approximate surface area is 99.0 Å². The molecule has 5 heteroatoms. The monoisotopic (exact) mass is 240 g/mol. The molecule has 1 aliphatic rings. The Balaban J connectivity index is 2.08. The third kappa shape index (κ3) is 2.40. The van der Waals surface area contributed by atoms with Gasteiger partial charge in [-0.15, -0.1) is 11.6 Å². The first-order chi connectivity index (χ1) is 7.68. The number of halogens is 1. The Morgan fingerprint density at radius 1 is 1.62 bits per heavy atom. The highest BCUT2D eigenvalue weighted by atomic mass is 35.5. The minimum absolute atomic E-state index is 0.0325. The Morgan fingerprint density at radius 3 is 3.00 bits per heavy atom. The number of nitrogens with zero attached hydrogens (tertiary/aromatic N) is 1. The predicted molar refractivity (Wildman–Crippen MR) is 60.2 cm³/mol. The minimum atomic E-state index is -0.433. The Bertz CT molecular complexity index is 372. The van der Waals surface area contributed by atoms with E-state index in [0.717, 1.165) is 5.69 Å². The summed E-state index contributed by atoms with van der Waals surface area (Å²) in [5, 5.41) is 3.02. The third-order valence-corrected chi connectivity index (χ3v) is 2.89. The van der Waals surface area contributed by atoms with Crippen LogP contribution in [-0.2, 0) is 9.53 Å². The molecule has 4 nitrogen and oxygen atoms in total. The number of alkyl halides is 1. The molecule has 0 aliphatic carbocycles. The first-order valence-electron chi connectivity index (χ1n) is 5.11. The van der Waals surface area contributed by atoms with Gasteiger partial charge < -0.3 is 4.74 Å². The number of ether oxygens (including phenoxy) is 1. The second-order valence-electron chi connectivity index (χ2n) is 3.74. The number of Topliss-reactive ketones (excluding diaryl/α,β-unsaturated/α-hetero) is 1. The number of rotatable bonds is 2. The van der Waals surface area contributed by atoms with Gasteiger partial charge in [0.15, 0.2) is 0 Å². The molecule has 1 aromatic rings. The van der Waals surface area contributed by atoms with Crippen LogP contribution >= 0.6 is 11.6 Å². The molecule has 1 aliphatic heterocycles. The molecule has 2 heterocycles. The lowest BCUT2D eigenvalue weighted by Crippen LogP contribution is -2.51. The highest BCUT2D eigenvalue weighted by Gasteiger charge is 2.32. The lowest BCUT2D eigenvalue weighted by molar-refractivity contribution is -0.124. The van der Waals surface area contributed by atoms with Crippen LogP contribution in [0.15, 0.2) is 24.4 Å². The summed E-state index contributed by atoms with van der Waals surface area (Å²) in [5.41, 5.74) is 0.342. The molecule has 1 saturated heterocycles. The van der Waals surface area contributed by atoms with Crippen molar-refractivity contribution in [3.63, 3.8) is 0 Å². The zero-order valence-electron chi connectivity index (χ0n) is 8.89. The SMILES string of the molecule is CC(=O)C1COC(c2ccccn2)C(Cl)N1. The number of nitrogens with one attached hydrogen (secondary N) is 1. The maximum Gasteiger partial charge on any atom is 0.149 e.